The lowest BCUT2D eigenvalue weighted by molar-refractivity contribution is 0.573. The largest absolute Gasteiger partial charge is 0.162 e. The molecule has 0 aromatic heterocycles. The van der Waals surface area contributed by atoms with Crippen molar-refractivity contribution in [1.82, 2.24) is 0 Å². The summed E-state index contributed by atoms with van der Waals surface area (Å²) in [5.74, 6) is 16.6. The van der Waals surface area contributed by atoms with Crippen molar-refractivity contribution in [2.45, 2.75) is 194 Å². The number of hydrogen-bond donors (Lipinski definition) is 0. The second-order valence-corrected chi connectivity index (χ2v) is 22.7. The Morgan fingerprint density at radius 2 is 0.367 bits per heavy atom. The first kappa shape index (κ1) is 51.5. The second-order valence-electron chi connectivity index (χ2n) is 13.9. The fourth-order valence-electron chi connectivity index (χ4n) is 5.68. The van der Waals surface area contributed by atoms with Gasteiger partial charge in [0.25, 0.3) is 0 Å². The van der Waals surface area contributed by atoms with Gasteiger partial charge >= 0.3 is 0 Å². The van der Waals surface area contributed by atoms with E-state index in [0.29, 0.717) is 0 Å². The van der Waals surface area contributed by atoms with Gasteiger partial charge in [-0.1, -0.05) is 151 Å². The highest BCUT2D eigenvalue weighted by Gasteiger charge is 1.99. The molecule has 0 heterocycles. The maximum absolute atomic E-state index is 2.31. The summed E-state index contributed by atoms with van der Waals surface area (Å²) in [5.41, 5.74) is 0. The van der Waals surface area contributed by atoms with Crippen LogP contribution in [0.1, 0.15) is 194 Å². The van der Waals surface area contributed by atoms with Crippen LogP contribution in [0, 0.1) is 0 Å². The van der Waals surface area contributed by atoms with Gasteiger partial charge in [-0.3, -0.25) is 0 Å². The third-order valence-corrected chi connectivity index (χ3v) is 17.2. The molecule has 0 rings (SSSR count). The summed E-state index contributed by atoms with van der Waals surface area (Å²) in [5, 5.41) is 0. The van der Waals surface area contributed by atoms with E-state index in [1.165, 1.54) is 249 Å². The minimum atomic E-state index is 1.35. The quantitative estimate of drug-likeness (QED) is 0.0438. The first-order valence-electron chi connectivity index (χ1n) is 21.5. The van der Waals surface area contributed by atoms with E-state index in [1.807, 2.05) is 0 Å². The van der Waals surface area contributed by atoms with Crippen molar-refractivity contribution in [3.8, 4) is 0 Å². The molecule has 0 radical (unpaired) electrons. The molecule has 0 amide bonds. The lowest BCUT2D eigenvalue weighted by Crippen LogP contribution is -1.91. The van der Waals surface area contributed by atoms with Crippen LogP contribution < -0.4 is 0 Å². The van der Waals surface area contributed by atoms with Crippen LogP contribution in [0.25, 0.3) is 0 Å². The molecular formula is C42H86S7. The average Bonchev–Trinajstić information content (AvgIpc) is 3.11. The molecule has 0 saturated carbocycles. The van der Waals surface area contributed by atoms with Gasteiger partial charge in [-0.05, 0) is 122 Å². The monoisotopic (exact) mass is 814 g/mol. The fourth-order valence-corrected chi connectivity index (χ4v) is 13.2. The number of hydrogen-bond acceptors (Lipinski definition) is 7. The smallest absolute Gasteiger partial charge is 0.00447 e. The minimum absolute atomic E-state index is 1.35. The molecule has 0 N–H and O–H groups in total. The molecule has 0 aromatic rings. The molecule has 0 aromatic carbocycles. The average molecular weight is 816 g/mol. The Morgan fingerprint density at radius 1 is 0.184 bits per heavy atom. The van der Waals surface area contributed by atoms with Crippen molar-refractivity contribution in [3.05, 3.63) is 0 Å². The molecule has 49 heavy (non-hydrogen) atoms. The highest BCUT2D eigenvalue weighted by molar-refractivity contribution is 8.76. The van der Waals surface area contributed by atoms with E-state index >= 15 is 0 Å². The van der Waals surface area contributed by atoms with Crippen molar-refractivity contribution in [1.29, 1.82) is 0 Å². The van der Waals surface area contributed by atoms with Crippen LogP contribution in [0.5, 0.6) is 0 Å². The van der Waals surface area contributed by atoms with Crippen molar-refractivity contribution in [2.75, 3.05) is 69.0 Å². The Hall–Kier alpha value is 2.45. The molecule has 7 heteroatoms. The van der Waals surface area contributed by atoms with Crippen LogP contribution in [-0.2, 0) is 0 Å². The molecular weight excluding hydrogens is 729 g/mol. The van der Waals surface area contributed by atoms with Crippen molar-refractivity contribution < 1.29 is 0 Å². The first-order valence-corrected chi connectivity index (χ1v) is 29.8. The Bertz CT molecular complexity index is 505. The summed E-state index contributed by atoms with van der Waals surface area (Å²) in [7, 11) is 4.25. The molecule has 0 fully saturated rings. The Labute approximate surface area is 340 Å². The molecule has 0 atom stereocenters. The van der Waals surface area contributed by atoms with Gasteiger partial charge in [0.1, 0.15) is 0 Å². The first-order chi connectivity index (χ1) is 24.4. The summed E-state index contributed by atoms with van der Waals surface area (Å²) in [6.45, 7) is 4.61. The lowest BCUT2D eigenvalue weighted by atomic mass is 10.1. The zero-order valence-corrected chi connectivity index (χ0v) is 38.9. The topological polar surface area (TPSA) is 0 Å². The van der Waals surface area contributed by atoms with Gasteiger partial charge in [-0.25, -0.2) is 0 Å². The van der Waals surface area contributed by atoms with Crippen molar-refractivity contribution >= 4 is 80.4 Å². The van der Waals surface area contributed by atoms with Crippen LogP contribution in [-0.4, -0.2) is 69.0 Å². The van der Waals surface area contributed by atoms with E-state index in [-0.39, 0.29) is 0 Å². The molecule has 0 aliphatic rings. The maximum atomic E-state index is 2.31. The number of rotatable bonds is 46. The molecule has 0 aliphatic heterocycles. The summed E-state index contributed by atoms with van der Waals surface area (Å²) in [4.78, 5) is 0. The third kappa shape index (κ3) is 50.5. The Balaban J connectivity index is 3.04. The van der Waals surface area contributed by atoms with Gasteiger partial charge in [-0.15, -0.1) is 0 Å². The predicted molar refractivity (Wildman–Crippen MR) is 252 cm³/mol. The summed E-state index contributed by atoms with van der Waals surface area (Å²) < 4.78 is 0. The van der Waals surface area contributed by atoms with Gasteiger partial charge in [0.2, 0.25) is 0 Å². The van der Waals surface area contributed by atoms with Gasteiger partial charge in [0.15, 0.2) is 0 Å². The molecule has 0 saturated heterocycles. The van der Waals surface area contributed by atoms with Crippen LogP contribution >= 0.6 is 80.4 Å². The van der Waals surface area contributed by atoms with Crippen molar-refractivity contribution in [2.24, 2.45) is 0 Å². The van der Waals surface area contributed by atoms with E-state index < -0.39 is 0 Å². The Kier molecular flexibility index (Phi) is 53.0. The van der Waals surface area contributed by atoms with Gasteiger partial charge < -0.3 is 0 Å². The van der Waals surface area contributed by atoms with Crippen LogP contribution in [0.2, 0.25) is 0 Å². The number of thioether (sulfide) groups is 5. The van der Waals surface area contributed by atoms with Crippen LogP contribution in [0.15, 0.2) is 0 Å². The zero-order valence-electron chi connectivity index (χ0n) is 33.1. The minimum Gasteiger partial charge on any atom is -0.162 e. The van der Waals surface area contributed by atoms with Gasteiger partial charge in [0, 0.05) is 11.5 Å². The predicted octanol–water partition coefficient (Wildman–Crippen LogP) is 17.0. The molecule has 0 nitrogen and oxygen atoms in total. The summed E-state index contributed by atoms with van der Waals surface area (Å²) in [6.07, 6.45) is 40.3. The normalized spacial score (nSPS) is 11.6. The molecule has 0 spiro atoms. The summed E-state index contributed by atoms with van der Waals surface area (Å²) in [6, 6.07) is 0. The van der Waals surface area contributed by atoms with E-state index in [1.54, 1.807) is 0 Å². The Morgan fingerprint density at radius 3 is 0.653 bits per heavy atom. The highest BCUT2D eigenvalue weighted by atomic mass is 33.1. The molecule has 0 bridgehead atoms. The van der Waals surface area contributed by atoms with E-state index in [4.69, 9.17) is 0 Å². The second kappa shape index (κ2) is 50.5. The van der Waals surface area contributed by atoms with Crippen LogP contribution in [0.4, 0.5) is 0 Å². The fraction of sp³-hybridized carbons (Fsp3) is 1.00. The number of unbranched alkanes of at least 4 members (excludes halogenated alkanes) is 21. The third-order valence-electron chi connectivity index (χ3n) is 8.88. The zero-order chi connectivity index (χ0) is 35.2. The van der Waals surface area contributed by atoms with Gasteiger partial charge in [0.05, 0.1) is 0 Å². The van der Waals surface area contributed by atoms with E-state index in [0.717, 1.165) is 0 Å². The molecule has 0 unspecified atom stereocenters. The SMILES string of the molecule is CCCCCCCCCCCSSCCCSCCCCCCSCCCSCCCCCCSCCCCCCSCCCCCCC. The summed E-state index contributed by atoms with van der Waals surface area (Å²) >= 11 is 11.0. The highest BCUT2D eigenvalue weighted by Crippen LogP contribution is 2.25. The van der Waals surface area contributed by atoms with E-state index in [2.05, 4.69) is 94.2 Å². The lowest BCUT2D eigenvalue weighted by Gasteiger charge is -2.05. The maximum Gasteiger partial charge on any atom is 0.00447 e. The van der Waals surface area contributed by atoms with Gasteiger partial charge in [-0.2, -0.15) is 58.8 Å². The van der Waals surface area contributed by atoms with Crippen LogP contribution in [0.3, 0.4) is 0 Å². The molecule has 296 valence electrons. The van der Waals surface area contributed by atoms with Crippen molar-refractivity contribution in [3.63, 3.8) is 0 Å². The van der Waals surface area contributed by atoms with E-state index in [9.17, 15) is 0 Å². The molecule has 0 aliphatic carbocycles. The standard InChI is InChI=1S/C42H86S7/c1-3-5-7-9-10-11-12-14-28-41-48-49-42-30-40-47-37-27-20-19-26-36-46-39-29-38-45-35-25-18-17-24-34-44-33-23-16-15-22-32-43-31-21-13-8-6-4-2/h3-42H2,1-2H3.